The topological polar surface area (TPSA) is 105 Å². The van der Waals surface area contributed by atoms with E-state index in [1.807, 2.05) is 30.3 Å². The van der Waals surface area contributed by atoms with E-state index in [1.54, 1.807) is 31.2 Å². The standard InChI is InChI=1S/C21H24N4O4/c1-14(18(24-27-3)15-10-6-5-7-11-15)29-20(22)17-13-9-8-12-16(17)19(25-28-4)21(26)23-2/h5-14,22H,1-4H3,(H,23,26)/b22-20?,24-18-,25-19-. The van der Waals surface area contributed by atoms with Gasteiger partial charge in [-0.25, -0.2) is 0 Å². The van der Waals surface area contributed by atoms with Gasteiger partial charge in [-0.3, -0.25) is 10.2 Å². The Kier molecular flexibility index (Phi) is 7.90. The summed E-state index contributed by atoms with van der Waals surface area (Å²) in [5, 5.41) is 18.8. The average molecular weight is 396 g/mol. The summed E-state index contributed by atoms with van der Waals surface area (Å²) in [6, 6.07) is 16.2. The van der Waals surface area contributed by atoms with E-state index in [0.717, 1.165) is 5.56 Å². The van der Waals surface area contributed by atoms with Crippen LogP contribution >= 0.6 is 0 Å². The minimum atomic E-state index is -0.583. The van der Waals surface area contributed by atoms with Crippen LogP contribution in [0.25, 0.3) is 0 Å². The average Bonchev–Trinajstić information content (AvgIpc) is 2.75. The molecule has 152 valence electrons. The van der Waals surface area contributed by atoms with Gasteiger partial charge < -0.3 is 19.7 Å². The van der Waals surface area contributed by atoms with Gasteiger partial charge >= 0.3 is 0 Å². The molecule has 2 aromatic rings. The van der Waals surface area contributed by atoms with Crippen molar-refractivity contribution in [3.05, 3.63) is 71.3 Å². The molecule has 8 nitrogen and oxygen atoms in total. The zero-order valence-electron chi connectivity index (χ0n) is 16.8. The van der Waals surface area contributed by atoms with Crippen molar-refractivity contribution in [1.29, 1.82) is 5.41 Å². The first-order valence-electron chi connectivity index (χ1n) is 8.88. The molecule has 2 rings (SSSR count). The van der Waals surface area contributed by atoms with E-state index >= 15 is 0 Å². The molecule has 1 unspecified atom stereocenters. The Bertz CT molecular complexity index is 910. The van der Waals surface area contributed by atoms with Gasteiger partial charge in [-0.1, -0.05) is 58.8 Å². The summed E-state index contributed by atoms with van der Waals surface area (Å²) >= 11 is 0. The number of ether oxygens (including phenoxy) is 1. The number of nitrogens with one attached hydrogen (secondary N) is 2. The van der Waals surface area contributed by atoms with Crippen molar-refractivity contribution in [2.24, 2.45) is 10.3 Å². The van der Waals surface area contributed by atoms with Crippen molar-refractivity contribution in [3.63, 3.8) is 0 Å². The van der Waals surface area contributed by atoms with Crippen molar-refractivity contribution in [2.45, 2.75) is 13.0 Å². The van der Waals surface area contributed by atoms with Crippen LogP contribution in [0.3, 0.4) is 0 Å². The summed E-state index contributed by atoms with van der Waals surface area (Å²) in [6.45, 7) is 1.77. The number of likely N-dealkylation sites (N-methyl/N-ethyl adjacent to an activating group) is 1. The molecule has 0 aliphatic carbocycles. The van der Waals surface area contributed by atoms with Crippen LogP contribution in [0.15, 0.2) is 64.9 Å². The SMILES string of the molecule is CNC(=O)/C(=N\OC)c1ccccc1C(=N)OC(C)/C(=N/OC)c1ccccc1. The van der Waals surface area contributed by atoms with Gasteiger partial charge in [-0.15, -0.1) is 0 Å². The molecule has 1 amide bonds. The maximum absolute atomic E-state index is 12.2. The van der Waals surface area contributed by atoms with Gasteiger partial charge in [0.1, 0.15) is 26.0 Å². The van der Waals surface area contributed by atoms with Crippen molar-refractivity contribution < 1.29 is 19.2 Å². The largest absolute Gasteiger partial charge is 0.468 e. The Balaban J connectivity index is 2.35. The van der Waals surface area contributed by atoms with E-state index in [-0.39, 0.29) is 11.6 Å². The van der Waals surface area contributed by atoms with Gasteiger partial charge in [0.2, 0.25) is 5.90 Å². The van der Waals surface area contributed by atoms with Gasteiger partial charge in [0.25, 0.3) is 5.91 Å². The lowest BCUT2D eigenvalue weighted by atomic mass is 10.0. The third-order valence-electron chi connectivity index (χ3n) is 3.99. The van der Waals surface area contributed by atoms with Crippen molar-refractivity contribution in [3.8, 4) is 0 Å². The van der Waals surface area contributed by atoms with E-state index < -0.39 is 12.0 Å². The molecule has 0 spiro atoms. The number of rotatable bonds is 8. The van der Waals surface area contributed by atoms with E-state index in [0.29, 0.717) is 16.8 Å². The number of hydrogen-bond acceptors (Lipinski definition) is 7. The Hall–Kier alpha value is -3.68. The van der Waals surface area contributed by atoms with Crippen molar-refractivity contribution in [2.75, 3.05) is 21.3 Å². The fourth-order valence-corrected chi connectivity index (χ4v) is 2.68. The van der Waals surface area contributed by atoms with Crippen LogP contribution in [0.1, 0.15) is 23.6 Å². The number of carbonyl (C=O) groups is 1. The quantitative estimate of drug-likeness (QED) is 0.406. The third kappa shape index (κ3) is 5.41. The normalized spacial score (nSPS) is 12.7. The van der Waals surface area contributed by atoms with Crippen molar-refractivity contribution >= 4 is 23.2 Å². The maximum Gasteiger partial charge on any atom is 0.273 e. The second kappa shape index (κ2) is 10.6. The fourth-order valence-electron chi connectivity index (χ4n) is 2.68. The number of hydrogen-bond donors (Lipinski definition) is 2. The van der Waals surface area contributed by atoms with Crippen LogP contribution in [0.2, 0.25) is 0 Å². The molecule has 0 fully saturated rings. The first kappa shape index (κ1) is 21.6. The number of carbonyl (C=O) groups excluding carboxylic acids is 1. The van der Waals surface area contributed by atoms with E-state index in [2.05, 4.69) is 15.6 Å². The second-order valence-electron chi connectivity index (χ2n) is 5.86. The van der Waals surface area contributed by atoms with E-state index in [4.69, 9.17) is 19.8 Å². The lowest BCUT2D eigenvalue weighted by Gasteiger charge is -2.19. The molecule has 0 saturated heterocycles. The zero-order valence-corrected chi connectivity index (χ0v) is 16.8. The van der Waals surface area contributed by atoms with Crippen LogP contribution in [0, 0.1) is 5.41 Å². The third-order valence-corrected chi connectivity index (χ3v) is 3.99. The summed E-state index contributed by atoms with van der Waals surface area (Å²) < 4.78 is 5.83. The summed E-state index contributed by atoms with van der Waals surface area (Å²) in [5.41, 5.74) is 2.20. The predicted molar refractivity (Wildman–Crippen MR) is 111 cm³/mol. The van der Waals surface area contributed by atoms with Gasteiger partial charge in [-0.2, -0.15) is 0 Å². The predicted octanol–water partition coefficient (Wildman–Crippen LogP) is 2.56. The maximum atomic E-state index is 12.2. The molecule has 0 bridgehead atoms. The van der Waals surface area contributed by atoms with Gasteiger partial charge in [0.05, 0.1) is 0 Å². The molecule has 0 aromatic heterocycles. The molecule has 0 aliphatic rings. The minimum Gasteiger partial charge on any atom is -0.468 e. The Morgan fingerprint density at radius 2 is 1.55 bits per heavy atom. The molecular formula is C21H24N4O4. The summed E-state index contributed by atoms with van der Waals surface area (Å²) in [7, 11) is 4.29. The zero-order chi connectivity index (χ0) is 21.2. The Morgan fingerprint density at radius 3 is 2.14 bits per heavy atom. The highest BCUT2D eigenvalue weighted by Gasteiger charge is 2.23. The van der Waals surface area contributed by atoms with E-state index in [1.165, 1.54) is 21.3 Å². The molecule has 0 saturated carbocycles. The summed E-state index contributed by atoms with van der Waals surface area (Å²) in [6.07, 6.45) is -0.583. The first-order chi connectivity index (χ1) is 14.0. The number of nitrogens with zero attached hydrogens (tertiary/aromatic N) is 2. The highest BCUT2D eigenvalue weighted by atomic mass is 16.6. The highest BCUT2D eigenvalue weighted by Crippen LogP contribution is 2.16. The van der Waals surface area contributed by atoms with Crippen LogP contribution in [-0.2, 0) is 19.2 Å². The number of oxime groups is 2. The van der Waals surface area contributed by atoms with Gasteiger partial charge in [0.15, 0.2) is 5.71 Å². The lowest BCUT2D eigenvalue weighted by molar-refractivity contribution is -0.114. The summed E-state index contributed by atoms with van der Waals surface area (Å²) in [4.78, 5) is 22.0. The van der Waals surface area contributed by atoms with Crippen LogP contribution in [-0.4, -0.2) is 50.6 Å². The Morgan fingerprint density at radius 1 is 0.966 bits per heavy atom. The monoisotopic (exact) mass is 396 g/mol. The molecule has 0 aliphatic heterocycles. The molecule has 2 aromatic carbocycles. The molecule has 0 heterocycles. The second-order valence-corrected chi connectivity index (χ2v) is 5.86. The van der Waals surface area contributed by atoms with Crippen LogP contribution < -0.4 is 5.32 Å². The molecule has 8 heteroatoms. The Labute approximate surface area is 169 Å². The number of benzene rings is 2. The molecule has 0 radical (unpaired) electrons. The van der Waals surface area contributed by atoms with Gasteiger partial charge in [0, 0.05) is 23.7 Å². The van der Waals surface area contributed by atoms with Crippen LogP contribution in [0.4, 0.5) is 0 Å². The van der Waals surface area contributed by atoms with Crippen LogP contribution in [0.5, 0.6) is 0 Å². The lowest BCUT2D eigenvalue weighted by Crippen LogP contribution is -2.31. The van der Waals surface area contributed by atoms with E-state index in [9.17, 15) is 4.79 Å². The van der Waals surface area contributed by atoms with Crippen molar-refractivity contribution in [1.82, 2.24) is 5.32 Å². The minimum absolute atomic E-state index is 0.0421. The molecule has 29 heavy (non-hydrogen) atoms. The first-order valence-corrected chi connectivity index (χ1v) is 8.88. The summed E-state index contributed by atoms with van der Waals surface area (Å²) in [5.74, 6) is -0.577. The fraction of sp³-hybridized carbons (Fsp3) is 0.238. The smallest absolute Gasteiger partial charge is 0.273 e. The molecule has 1 atom stereocenters. The van der Waals surface area contributed by atoms with Gasteiger partial charge in [-0.05, 0) is 13.0 Å². The molecule has 2 N–H and O–H groups in total. The molecular weight excluding hydrogens is 372 g/mol. The highest BCUT2D eigenvalue weighted by molar-refractivity contribution is 6.46. The number of amides is 1.